The lowest BCUT2D eigenvalue weighted by molar-refractivity contribution is -0.133. The molecule has 9 heteroatoms. The van der Waals surface area contributed by atoms with Crippen molar-refractivity contribution in [1.29, 1.82) is 0 Å². The number of carbonyl (C=O) groups is 1. The molecule has 7 nitrogen and oxygen atoms in total. The minimum Gasteiger partial charge on any atom is -0.387 e. The molecule has 1 saturated carbocycles. The predicted octanol–water partition coefficient (Wildman–Crippen LogP) is 3.35. The summed E-state index contributed by atoms with van der Waals surface area (Å²) in [6.45, 7) is 5.78. The van der Waals surface area contributed by atoms with E-state index in [0.717, 1.165) is 23.6 Å². The molecule has 1 amide bonds. The Morgan fingerprint density at radius 2 is 2.03 bits per heavy atom. The number of anilines is 1. The summed E-state index contributed by atoms with van der Waals surface area (Å²) in [6, 6.07) is 4.94. The monoisotopic (exact) mass is 531 g/mol. The second-order valence-electron chi connectivity index (χ2n) is 9.78. The van der Waals surface area contributed by atoms with Crippen molar-refractivity contribution in [3.8, 4) is 0 Å². The summed E-state index contributed by atoms with van der Waals surface area (Å²) < 4.78 is 15.5. The van der Waals surface area contributed by atoms with Crippen LogP contribution in [0.3, 0.4) is 0 Å². The smallest absolute Gasteiger partial charge is 0.231 e. The van der Waals surface area contributed by atoms with E-state index in [4.69, 9.17) is 0 Å². The summed E-state index contributed by atoms with van der Waals surface area (Å²) in [6.07, 6.45) is 4.09. The molecule has 34 heavy (non-hydrogen) atoms. The van der Waals surface area contributed by atoms with Gasteiger partial charge in [-0.1, -0.05) is 28.9 Å². The molecular formula is C25H31BrFN5O2. The number of halogens is 2. The van der Waals surface area contributed by atoms with Crippen LogP contribution in [0.1, 0.15) is 60.9 Å². The maximum absolute atomic E-state index is 14.8. The molecule has 5 rings (SSSR count). The molecule has 2 aliphatic carbocycles. The number of aliphatic hydroxyl groups is 1. The summed E-state index contributed by atoms with van der Waals surface area (Å²) in [5.74, 6) is 0.789. The Morgan fingerprint density at radius 1 is 1.26 bits per heavy atom. The van der Waals surface area contributed by atoms with Gasteiger partial charge in [0.2, 0.25) is 5.91 Å². The first-order valence-corrected chi connectivity index (χ1v) is 12.9. The maximum atomic E-state index is 14.8. The van der Waals surface area contributed by atoms with Gasteiger partial charge in [-0.3, -0.25) is 4.79 Å². The highest BCUT2D eigenvalue weighted by molar-refractivity contribution is 9.10. The molecule has 2 heterocycles. The molecule has 1 aliphatic heterocycles. The second-order valence-corrected chi connectivity index (χ2v) is 10.7. The van der Waals surface area contributed by atoms with E-state index in [-0.39, 0.29) is 17.6 Å². The van der Waals surface area contributed by atoms with Gasteiger partial charge in [-0.15, -0.1) is 0 Å². The van der Waals surface area contributed by atoms with Gasteiger partial charge in [0.15, 0.2) is 0 Å². The van der Waals surface area contributed by atoms with Crippen LogP contribution in [0.5, 0.6) is 0 Å². The number of hydrogen-bond donors (Lipinski definition) is 2. The Kier molecular flexibility index (Phi) is 6.86. The van der Waals surface area contributed by atoms with Crippen molar-refractivity contribution in [2.75, 3.05) is 44.2 Å². The van der Waals surface area contributed by atoms with E-state index in [1.165, 1.54) is 25.2 Å². The standard InChI is InChI=1S/C25H31BrFN5O2/c1-15-10-21(33)23-22(15)24(30-14-29-23)31-6-8-32(9-7-31)25(34)19(13-28-12-16-2-3-16)18-5-4-17(26)11-20(18)27/h4-5,11,14-16,19,21,28,33H,2-3,6-10,12-13H2,1H3/t15-,19?,21+/m1/s1. The van der Waals surface area contributed by atoms with E-state index in [9.17, 15) is 14.3 Å². The molecule has 3 atom stereocenters. The second kappa shape index (κ2) is 9.87. The number of amides is 1. The fraction of sp³-hybridized carbons (Fsp3) is 0.560. The van der Waals surface area contributed by atoms with Gasteiger partial charge in [-0.05, 0) is 49.8 Å². The maximum Gasteiger partial charge on any atom is 0.231 e. The van der Waals surface area contributed by atoms with Gasteiger partial charge in [-0.2, -0.15) is 0 Å². The zero-order valence-electron chi connectivity index (χ0n) is 19.4. The van der Waals surface area contributed by atoms with Gasteiger partial charge >= 0.3 is 0 Å². The SMILES string of the molecule is C[C@@H]1C[C@H](O)c2ncnc(N3CCN(C(=O)C(CNCC4CC4)c4ccc(Br)cc4F)CC3)c21. The molecule has 2 N–H and O–H groups in total. The number of nitrogens with zero attached hydrogens (tertiary/aromatic N) is 4. The van der Waals surface area contributed by atoms with Gasteiger partial charge in [0.05, 0.1) is 17.7 Å². The number of hydrogen-bond acceptors (Lipinski definition) is 6. The molecule has 182 valence electrons. The largest absolute Gasteiger partial charge is 0.387 e. The van der Waals surface area contributed by atoms with Crippen molar-refractivity contribution in [3.63, 3.8) is 0 Å². The first-order valence-electron chi connectivity index (χ1n) is 12.1. The molecule has 3 aliphatic rings. The van der Waals surface area contributed by atoms with Gasteiger partial charge in [0.1, 0.15) is 18.0 Å². The van der Waals surface area contributed by atoms with Crippen molar-refractivity contribution in [1.82, 2.24) is 20.2 Å². The third kappa shape index (κ3) is 4.83. The van der Waals surface area contributed by atoms with E-state index < -0.39 is 12.0 Å². The molecule has 1 unspecified atom stereocenters. The Hall–Kier alpha value is -2.10. The van der Waals surface area contributed by atoms with Crippen LogP contribution in [-0.4, -0.2) is 65.2 Å². The molecule has 1 saturated heterocycles. The van der Waals surface area contributed by atoms with Crippen LogP contribution in [0.2, 0.25) is 0 Å². The lowest BCUT2D eigenvalue weighted by Crippen LogP contribution is -2.51. The quantitative estimate of drug-likeness (QED) is 0.570. The zero-order valence-corrected chi connectivity index (χ0v) is 21.0. The average Bonchev–Trinajstić information content (AvgIpc) is 3.61. The molecule has 0 spiro atoms. The van der Waals surface area contributed by atoms with Crippen LogP contribution in [0.15, 0.2) is 29.0 Å². The number of nitrogens with one attached hydrogen (secondary N) is 1. The fourth-order valence-electron chi connectivity index (χ4n) is 5.18. The minimum absolute atomic E-state index is 0.0409. The first-order chi connectivity index (χ1) is 16.4. The molecule has 1 aromatic carbocycles. The number of benzene rings is 1. The van der Waals surface area contributed by atoms with Gasteiger partial charge in [-0.25, -0.2) is 14.4 Å². The number of aliphatic hydroxyl groups excluding tert-OH is 1. The first kappa shape index (κ1) is 23.6. The summed E-state index contributed by atoms with van der Waals surface area (Å²) in [4.78, 5) is 26.4. The number of piperazine rings is 1. The van der Waals surface area contributed by atoms with Crippen LogP contribution in [0.25, 0.3) is 0 Å². The van der Waals surface area contributed by atoms with Gasteiger partial charge in [0, 0.05) is 48.3 Å². The van der Waals surface area contributed by atoms with Crippen molar-refractivity contribution in [2.45, 2.75) is 44.1 Å². The average molecular weight is 532 g/mol. The normalized spacial score (nSPS) is 23.2. The van der Waals surface area contributed by atoms with Gasteiger partial charge in [0.25, 0.3) is 0 Å². The van der Waals surface area contributed by atoms with E-state index in [2.05, 4.69) is 43.0 Å². The lowest BCUT2D eigenvalue weighted by Gasteiger charge is -2.38. The Balaban J connectivity index is 1.29. The third-order valence-corrected chi connectivity index (χ3v) is 7.78. The summed E-state index contributed by atoms with van der Waals surface area (Å²) in [7, 11) is 0. The molecule has 0 bridgehead atoms. The van der Waals surface area contributed by atoms with E-state index in [1.54, 1.807) is 12.1 Å². The fourth-order valence-corrected chi connectivity index (χ4v) is 5.51. The zero-order chi connectivity index (χ0) is 23.8. The number of rotatable bonds is 7. The van der Waals surface area contributed by atoms with Crippen LogP contribution in [0.4, 0.5) is 10.2 Å². The molecule has 2 fully saturated rings. The van der Waals surface area contributed by atoms with Gasteiger partial charge < -0.3 is 20.2 Å². The minimum atomic E-state index is -0.558. The Bertz CT molecular complexity index is 1060. The lowest BCUT2D eigenvalue weighted by atomic mass is 9.96. The van der Waals surface area contributed by atoms with Crippen LogP contribution in [-0.2, 0) is 4.79 Å². The Labute approximate surface area is 207 Å². The van der Waals surface area contributed by atoms with Crippen LogP contribution < -0.4 is 10.2 Å². The van der Waals surface area contributed by atoms with Crippen molar-refractivity contribution < 1.29 is 14.3 Å². The van der Waals surface area contributed by atoms with E-state index in [0.29, 0.717) is 55.1 Å². The highest BCUT2D eigenvalue weighted by Crippen LogP contribution is 2.42. The van der Waals surface area contributed by atoms with E-state index >= 15 is 0 Å². The molecule has 2 aromatic rings. The number of carbonyl (C=O) groups excluding carboxylic acids is 1. The van der Waals surface area contributed by atoms with Crippen molar-refractivity contribution in [3.05, 3.63) is 51.6 Å². The molecule has 0 radical (unpaired) electrons. The van der Waals surface area contributed by atoms with Crippen LogP contribution >= 0.6 is 15.9 Å². The summed E-state index contributed by atoms with van der Waals surface area (Å²) in [5, 5.41) is 13.7. The number of fused-ring (bicyclic) bond motifs is 1. The Morgan fingerprint density at radius 3 is 2.74 bits per heavy atom. The van der Waals surface area contributed by atoms with Crippen molar-refractivity contribution in [2.24, 2.45) is 5.92 Å². The molecule has 1 aromatic heterocycles. The topological polar surface area (TPSA) is 81.6 Å². The van der Waals surface area contributed by atoms with Crippen LogP contribution in [0, 0.1) is 11.7 Å². The van der Waals surface area contributed by atoms with E-state index in [1.807, 2.05) is 4.90 Å². The third-order valence-electron chi connectivity index (χ3n) is 7.28. The predicted molar refractivity (Wildman–Crippen MR) is 131 cm³/mol. The number of aromatic nitrogens is 2. The summed E-state index contributed by atoms with van der Waals surface area (Å²) >= 11 is 3.31. The van der Waals surface area contributed by atoms with Crippen molar-refractivity contribution >= 4 is 27.7 Å². The highest BCUT2D eigenvalue weighted by Gasteiger charge is 2.35. The highest BCUT2D eigenvalue weighted by atomic mass is 79.9. The summed E-state index contributed by atoms with van der Waals surface area (Å²) in [5.41, 5.74) is 2.19. The molecular weight excluding hydrogens is 501 g/mol.